The molecule has 214 valence electrons. The van der Waals surface area contributed by atoms with Crippen LogP contribution < -0.4 is 21.1 Å². The van der Waals surface area contributed by atoms with E-state index in [1.807, 2.05) is 59.5 Å². The third-order valence-electron chi connectivity index (χ3n) is 7.78. The molecular weight excluding hydrogens is 552 g/mol. The molecule has 3 aromatic heterocycles. The summed E-state index contributed by atoms with van der Waals surface area (Å²) in [5, 5.41) is 9.62. The number of nitrogens with two attached hydrogens (primary N) is 1. The van der Waals surface area contributed by atoms with Crippen LogP contribution >= 0.6 is 11.3 Å². The Morgan fingerprint density at radius 3 is 2.67 bits per heavy atom. The average molecular weight is 583 g/mol. The first kappa shape index (κ1) is 27.3. The van der Waals surface area contributed by atoms with Crippen LogP contribution in [0.25, 0.3) is 32.1 Å². The predicted octanol–water partition coefficient (Wildman–Crippen LogP) is 4.65. The van der Waals surface area contributed by atoms with Crippen molar-refractivity contribution in [1.29, 1.82) is 0 Å². The van der Waals surface area contributed by atoms with Crippen LogP contribution in [0, 0.1) is 0 Å². The largest absolute Gasteiger partial charge is 0.495 e. The number of hydrogen-bond acceptors (Lipinski definition) is 7. The number of benzene rings is 2. The van der Waals surface area contributed by atoms with Gasteiger partial charge in [-0.1, -0.05) is 24.3 Å². The summed E-state index contributed by atoms with van der Waals surface area (Å²) < 4.78 is 8.24. The van der Waals surface area contributed by atoms with Crippen LogP contribution in [-0.2, 0) is 11.8 Å². The van der Waals surface area contributed by atoms with Gasteiger partial charge in [-0.2, -0.15) is 0 Å². The molecule has 1 aliphatic heterocycles. The van der Waals surface area contributed by atoms with Crippen LogP contribution in [0.5, 0.6) is 5.75 Å². The topological polar surface area (TPSA) is 132 Å². The quantitative estimate of drug-likeness (QED) is 0.267. The van der Waals surface area contributed by atoms with Crippen LogP contribution in [-0.4, -0.2) is 58.4 Å². The fourth-order valence-corrected chi connectivity index (χ4v) is 6.62. The molecule has 0 spiro atoms. The number of aryl methyl sites for hydroxylation is 1. The Balaban J connectivity index is 1.27. The second-order valence-electron chi connectivity index (χ2n) is 10.4. The number of methoxy groups -OCH3 is 1. The smallest absolute Gasteiger partial charge is 0.272 e. The van der Waals surface area contributed by atoms with Crippen molar-refractivity contribution in [3.63, 3.8) is 0 Å². The van der Waals surface area contributed by atoms with E-state index in [1.165, 1.54) is 24.5 Å². The van der Waals surface area contributed by atoms with Crippen LogP contribution in [0.1, 0.15) is 34.2 Å². The number of fused-ring (bicyclic) bond motifs is 2. The maximum absolute atomic E-state index is 13.2. The molecule has 1 atom stereocenters. The van der Waals surface area contributed by atoms with Gasteiger partial charge in [0.15, 0.2) is 0 Å². The number of para-hydroxylation sites is 1. The van der Waals surface area contributed by atoms with Crippen molar-refractivity contribution in [3.8, 4) is 16.9 Å². The summed E-state index contributed by atoms with van der Waals surface area (Å²) in [6.07, 6.45) is 2.20. The van der Waals surface area contributed by atoms with Gasteiger partial charge in [-0.15, -0.1) is 11.3 Å². The number of likely N-dealkylation sites (tertiary alicyclic amines) is 1. The van der Waals surface area contributed by atoms with E-state index < -0.39 is 0 Å². The van der Waals surface area contributed by atoms with Gasteiger partial charge in [0, 0.05) is 61.2 Å². The maximum Gasteiger partial charge on any atom is 0.272 e. The molecule has 4 N–H and O–H groups in total. The van der Waals surface area contributed by atoms with E-state index >= 15 is 0 Å². The summed E-state index contributed by atoms with van der Waals surface area (Å²) in [7, 11) is 3.41. The van der Waals surface area contributed by atoms with Crippen molar-refractivity contribution in [3.05, 3.63) is 71.4 Å². The fraction of sp³-hybridized carbons (Fsp3) is 0.226. The molecule has 5 aromatic rings. The highest BCUT2D eigenvalue weighted by atomic mass is 32.1. The van der Waals surface area contributed by atoms with E-state index in [1.54, 1.807) is 18.1 Å². The first-order valence-corrected chi connectivity index (χ1v) is 14.4. The van der Waals surface area contributed by atoms with E-state index in [2.05, 4.69) is 15.6 Å². The van der Waals surface area contributed by atoms with Crippen molar-refractivity contribution in [1.82, 2.24) is 19.8 Å². The standard InChI is InChI=1S/C31H30N6O4S/c1-17(38)37-11-10-20(15-37)34-30(39)21-14-33-29(32)27-22(16-42-28(21)27)18-8-9-23(26(13-18)41-3)35-31(40)25-12-19-6-4-5-7-24(19)36(25)2/h4-9,12-14,16,20H,10-11,15H2,1-3H3,(H2,32,33)(H,34,39)(H,35,40). The Labute approximate surface area is 246 Å². The normalized spacial score (nSPS) is 14.8. The molecule has 10 nitrogen and oxygen atoms in total. The Bertz CT molecular complexity index is 1880. The number of ether oxygens (including phenoxy) is 1. The minimum atomic E-state index is -0.251. The van der Waals surface area contributed by atoms with Gasteiger partial charge >= 0.3 is 0 Å². The molecule has 2 aromatic carbocycles. The van der Waals surface area contributed by atoms with Gasteiger partial charge in [0.2, 0.25) is 5.91 Å². The SMILES string of the molecule is COc1cc(-c2csc3c(C(=O)NC4CCN(C(C)=O)C4)cnc(N)c23)ccc1NC(=O)c1cc2ccccc2n1C. The monoisotopic (exact) mass is 582 g/mol. The highest BCUT2D eigenvalue weighted by molar-refractivity contribution is 7.18. The Morgan fingerprint density at radius 1 is 1.12 bits per heavy atom. The minimum Gasteiger partial charge on any atom is -0.495 e. The van der Waals surface area contributed by atoms with Gasteiger partial charge in [0.25, 0.3) is 11.8 Å². The first-order chi connectivity index (χ1) is 20.2. The van der Waals surface area contributed by atoms with Crippen molar-refractivity contribution in [2.24, 2.45) is 7.05 Å². The molecular formula is C31H30N6O4S. The molecule has 42 heavy (non-hydrogen) atoms. The molecule has 0 aliphatic carbocycles. The number of amides is 3. The lowest BCUT2D eigenvalue weighted by molar-refractivity contribution is -0.127. The zero-order chi connectivity index (χ0) is 29.5. The summed E-state index contributed by atoms with van der Waals surface area (Å²) >= 11 is 1.41. The summed E-state index contributed by atoms with van der Waals surface area (Å²) in [5.41, 5.74) is 10.4. The second-order valence-corrected chi connectivity index (χ2v) is 11.2. The van der Waals surface area contributed by atoms with Gasteiger partial charge in [0.05, 0.1) is 23.1 Å². The third kappa shape index (κ3) is 4.81. The first-order valence-electron chi connectivity index (χ1n) is 13.5. The third-order valence-corrected chi connectivity index (χ3v) is 8.80. The summed E-state index contributed by atoms with van der Waals surface area (Å²) in [6.45, 7) is 2.65. The molecule has 0 saturated carbocycles. The lowest BCUT2D eigenvalue weighted by Gasteiger charge is -2.15. The van der Waals surface area contributed by atoms with E-state index in [0.717, 1.165) is 26.7 Å². The molecule has 1 saturated heterocycles. The van der Waals surface area contributed by atoms with E-state index in [0.29, 0.717) is 53.4 Å². The zero-order valence-electron chi connectivity index (χ0n) is 23.4. The van der Waals surface area contributed by atoms with Crippen molar-refractivity contribution >= 4 is 61.6 Å². The number of anilines is 2. The highest BCUT2D eigenvalue weighted by Gasteiger charge is 2.27. The molecule has 1 aliphatic rings. The van der Waals surface area contributed by atoms with E-state index in [9.17, 15) is 14.4 Å². The van der Waals surface area contributed by atoms with Crippen molar-refractivity contribution in [2.45, 2.75) is 19.4 Å². The lowest BCUT2D eigenvalue weighted by atomic mass is 10.0. The molecule has 11 heteroatoms. The van der Waals surface area contributed by atoms with Crippen LogP contribution in [0.4, 0.5) is 11.5 Å². The molecule has 6 rings (SSSR count). The van der Waals surface area contributed by atoms with Crippen LogP contribution in [0.3, 0.4) is 0 Å². The molecule has 1 unspecified atom stereocenters. The number of nitrogens with zero attached hydrogens (tertiary/aromatic N) is 3. The Kier molecular flexibility index (Phi) is 7.03. The molecule has 4 heterocycles. The number of carbonyl (C=O) groups is 3. The minimum absolute atomic E-state index is 0.000678. The number of thiophene rings is 1. The van der Waals surface area contributed by atoms with Gasteiger partial charge < -0.3 is 30.6 Å². The maximum atomic E-state index is 13.2. The Morgan fingerprint density at radius 2 is 1.93 bits per heavy atom. The second kappa shape index (κ2) is 10.8. The van der Waals surface area contributed by atoms with Crippen LogP contribution in [0.15, 0.2) is 60.1 Å². The fourth-order valence-electron chi connectivity index (χ4n) is 5.52. The van der Waals surface area contributed by atoms with Gasteiger partial charge in [0.1, 0.15) is 17.3 Å². The van der Waals surface area contributed by atoms with Gasteiger partial charge in [-0.05, 0) is 41.6 Å². The lowest BCUT2D eigenvalue weighted by Crippen LogP contribution is -2.38. The number of rotatable bonds is 6. The van der Waals surface area contributed by atoms with E-state index in [4.69, 9.17) is 10.5 Å². The summed E-state index contributed by atoms with van der Waals surface area (Å²) in [5.74, 6) is 0.295. The van der Waals surface area contributed by atoms with Crippen molar-refractivity contribution < 1.29 is 19.1 Å². The average Bonchev–Trinajstić information content (AvgIpc) is 3.72. The predicted molar refractivity (Wildman–Crippen MR) is 165 cm³/mol. The highest BCUT2D eigenvalue weighted by Crippen LogP contribution is 2.41. The number of carbonyl (C=O) groups excluding carboxylic acids is 3. The molecule has 0 bridgehead atoms. The molecule has 0 radical (unpaired) electrons. The number of hydrogen-bond donors (Lipinski definition) is 3. The summed E-state index contributed by atoms with van der Waals surface area (Å²) in [4.78, 5) is 44.2. The van der Waals surface area contributed by atoms with Crippen molar-refractivity contribution in [2.75, 3.05) is 31.2 Å². The number of nitrogen functional groups attached to an aromatic ring is 1. The van der Waals surface area contributed by atoms with Crippen LogP contribution in [0.2, 0.25) is 0 Å². The van der Waals surface area contributed by atoms with Gasteiger partial charge in [-0.25, -0.2) is 4.98 Å². The van der Waals surface area contributed by atoms with Gasteiger partial charge in [-0.3, -0.25) is 14.4 Å². The summed E-state index contributed by atoms with van der Waals surface area (Å²) in [6, 6.07) is 15.1. The Hall–Kier alpha value is -4.90. The number of pyridine rings is 1. The molecule has 1 fully saturated rings. The molecule has 3 amide bonds. The zero-order valence-corrected chi connectivity index (χ0v) is 24.2. The number of nitrogens with one attached hydrogen (secondary N) is 2. The van der Waals surface area contributed by atoms with E-state index in [-0.39, 0.29) is 23.8 Å². The number of aromatic nitrogens is 2.